The standard InChI is InChI=1S/C20H19NO3S/c1-24-19-11-5-2-7-15(19)13-21(14-16-8-6-12-25-16)20(23)17-9-3-4-10-18(17)22/h2-12,22H,13-14H2,1H3. The number of rotatable bonds is 6. The number of carbonyl (C=O) groups is 1. The molecule has 0 bridgehead atoms. The molecule has 0 spiro atoms. The lowest BCUT2D eigenvalue weighted by molar-refractivity contribution is 0.0727. The van der Waals surface area contributed by atoms with Crippen molar-refractivity contribution in [3.63, 3.8) is 0 Å². The Morgan fingerprint density at radius 1 is 1.04 bits per heavy atom. The summed E-state index contributed by atoms with van der Waals surface area (Å²) in [6, 6.07) is 18.2. The van der Waals surface area contributed by atoms with Gasteiger partial charge in [0.15, 0.2) is 0 Å². The fraction of sp³-hybridized carbons (Fsp3) is 0.150. The average Bonchev–Trinajstić information content (AvgIpc) is 3.14. The van der Waals surface area contributed by atoms with E-state index in [0.29, 0.717) is 18.7 Å². The van der Waals surface area contributed by atoms with Gasteiger partial charge in [-0.25, -0.2) is 0 Å². The first-order valence-corrected chi connectivity index (χ1v) is 8.78. The van der Waals surface area contributed by atoms with E-state index in [0.717, 1.165) is 16.2 Å². The minimum Gasteiger partial charge on any atom is -0.507 e. The van der Waals surface area contributed by atoms with Crippen LogP contribution in [0.15, 0.2) is 66.0 Å². The summed E-state index contributed by atoms with van der Waals surface area (Å²) in [7, 11) is 1.62. The predicted octanol–water partition coefficient (Wildman–Crippen LogP) is 4.30. The van der Waals surface area contributed by atoms with Gasteiger partial charge in [0, 0.05) is 10.4 Å². The van der Waals surface area contributed by atoms with E-state index in [-0.39, 0.29) is 11.7 Å². The minimum atomic E-state index is -0.211. The molecule has 0 aliphatic rings. The number of thiophene rings is 1. The number of nitrogens with zero attached hydrogens (tertiary/aromatic N) is 1. The van der Waals surface area contributed by atoms with Crippen LogP contribution in [0, 0.1) is 0 Å². The molecule has 5 heteroatoms. The molecule has 0 radical (unpaired) electrons. The smallest absolute Gasteiger partial charge is 0.258 e. The second-order valence-corrected chi connectivity index (χ2v) is 6.60. The Labute approximate surface area is 150 Å². The van der Waals surface area contributed by atoms with Crippen LogP contribution in [0.3, 0.4) is 0 Å². The van der Waals surface area contributed by atoms with Gasteiger partial charge in [-0.3, -0.25) is 4.79 Å². The zero-order valence-electron chi connectivity index (χ0n) is 13.9. The van der Waals surface area contributed by atoms with E-state index in [1.165, 1.54) is 6.07 Å². The summed E-state index contributed by atoms with van der Waals surface area (Å²) in [6.07, 6.45) is 0. The first kappa shape index (κ1) is 17.0. The van der Waals surface area contributed by atoms with Gasteiger partial charge in [-0.15, -0.1) is 11.3 Å². The number of para-hydroxylation sites is 2. The van der Waals surface area contributed by atoms with Crippen LogP contribution in [-0.4, -0.2) is 23.0 Å². The van der Waals surface area contributed by atoms with Crippen LogP contribution in [0.5, 0.6) is 11.5 Å². The fourth-order valence-corrected chi connectivity index (χ4v) is 3.37. The molecule has 3 aromatic rings. The molecule has 2 aromatic carbocycles. The van der Waals surface area contributed by atoms with Crippen molar-refractivity contribution in [2.45, 2.75) is 13.1 Å². The zero-order valence-corrected chi connectivity index (χ0v) is 14.7. The molecule has 25 heavy (non-hydrogen) atoms. The Hall–Kier alpha value is -2.79. The van der Waals surface area contributed by atoms with Gasteiger partial charge in [-0.05, 0) is 29.6 Å². The van der Waals surface area contributed by atoms with Crippen molar-refractivity contribution >= 4 is 17.2 Å². The molecule has 1 N–H and O–H groups in total. The highest BCUT2D eigenvalue weighted by Crippen LogP contribution is 2.25. The van der Waals surface area contributed by atoms with Gasteiger partial charge < -0.3 is 14.7 Å². The third-order valence-electron chi connectivity index (χ3n) is 3.90. The number of carbonyl (C=O) groups excluding carboxylic acids is 1. The average molecular weight is 353 g/mol. The molecular weight excluding hydrogens is 334 g/mol. The summed E-state index contributed by atoms with van der Waals surface area (Å²) in [5, 5.41) is 12.0. The maximum Gasteiger partial charge on any atom is 0.258 e. The van der Waals surface area contributed by atoms with E-state index in [2.05, 4.69) is 0 Å². The highest BCUT2D eigenvalue weighted by molar-refractivity contribution is 7.09. The highest BCUT2D eigenvalue weighted by Gasteiger charge is 2.21. The van der Waals surface area contributed by atoms with Crippen molar-refractivity contribution in [1.29, 1.82) is 0 Å². The maximum atomic E-state index is 13.0. The number of benzene rings is 2. The topological polar surface area (TPSA) is 49.8 Å². The monoisotopic (exact) mass is 353 g/mol. The number of ether oxygens (including phenoxy) is 1. The molecule has 0 fully saturated rings. The summed E-state index contributed by atoms with van der Waals surface area (Å²) in [5.74, 6) is 0.518. The summed E-state index contributed by atoms with van der Waals surface area (Å²) in [4.78, 5) is 15.8. The Morgan fingerprint density at radius 3 is 2.52 bits per heavy atom. The number of hydrogen-bond acceptors (Lipinski definition) is 4. The van der Waals surface area contributed by atoms with E-state index in [9.17, 15) is 9.90 Å². The Morgan fingerprint density at radius 2 is 1.80 bits per heavy atom. The third kappa shape index (κ3) is 4.00. The molecule has 3 rings (SSSR count). The molecule has 0 aliphatic carbocycles. The number of phenols is 1. The van der Waals surface area contributed by atoms with E-state index in [4.69, 9.17) is 4.74 Å². The second kappa shape index (κ2) is 7.85. The van der Waals surface area contributed by atoms with Crippen LogP contribution < -0.4 is 4.74 Å². The summed E-state index contributed by atoms with van der Waals surface area (Å²) < 4.78 is 5.41. The Kier molecular flexibility index (Phi) is 5.36. The number of amides is 1. The SMILES string of the molecule is COc1ccccc1CN(Cc1cccs1)C(=O)c1ccccc1O. The van der Waals surface area contributed by atoms with E-state index < -0.39 is 0 Å². The van der Waals surface area contributed by atoms with Crippen LogP contribution >= 0.6 is 11.3 Å². The lowest BCUT2D eigenvalue weighted by Crippen LogP contribution is -2.30. The normalized spacial score (nSPS) is 10.4. The van der Waals surface area contributed by atoms with E-state index in [1.807, 2.05) is 41.8 Å². The lowest BCUT2D eigenvalue weighted by Gasteiger charge is -2.23. The lowest BCUT2D eigenvalue weighted by atomic mass is 10.1. The van der Waals surface area contributed by atoms with Crippen LogP contribution in [0.25, 0.3) is 0 Å². The van der Waals surface area contributed by atoms with Crippen molar-refractivity contribution in [3.8, 4) is 11.5 Å². The van der Waals surface area contributed by atoms with Crippen molar-refractivity contribution in [1.82, 2.24) is 4.90 Å². The van der Waals surface area contributed by atoms with Crippen molar-refractivity contribution < 1.29 is 14.6 Å². The van der Waals surface area contributed by atoms with Gasteiger partial charge >= 0.3 is 0 Å². The molecule has 0 saturated carbocycles. The van der Waals surface area contributed by atoms with Crippen molar-refractivity contribution in [2.24, 2.45) is 0 Å². The van der Waals surface area contributed by atoms with Gasteiger partial charge in [-0.1, -0.05) is 36.4 Å². The third-order valence-corrected chi connectivity index (χ3v) is 4.76. The Bertz CT molecular complexity index is 846. The molecule has 0 aliphatic heterocycles. The largest absolute Gasteiger partial charge is 0.507 e. The van der Waals surface area contributed by atoms with E-state index in [1.54, 1.807) is 41.5 Å². The minimum absolute atomic E-state index is 0.0105. The van der Waals surface area contributed by atoms with Crippen LogP contribution in [0.4, 0.5) is 0 Å². The number of methoxy groups -OCH3 is 1. The van der Waals surface area contributed by atoms with Crippen LogP contribution in [0.1, 0.15) is 20.8 Å². The molecule has 1 heterocycles. The maximum absolute atomic E-state index is 13.0. The van der Waals surface area contributed by atoms with Crippen molar-refractivity contribution in [2.75, 3.05) is 7.11 Å². The predicted molar refractivity (Wildman–Crippen MR) is 99.0 cm³/mol. The Balaban J connectivity index is 1.92. The van der Waals surface area contributed by atoms with Gasteiger partial charge in [0.25, 0.3) is 5.91 Å². The quantitative estimate of drug-likeness (QED) is 0.719. The number of aromatic hydroxyl groups is 1. The number of phenolic OH excluding ortho intramolecular Hbond substituents is 1. The van der Waals surface area contributed by atoms with Gasteiger partial charge in [0.1, 0.15) is 11.5 Å². The molecule has 4 nitrogen and oxygen atoms in total. The first-order chi connectivity index (χ1) is 12.2. The number of hydrogen-bond donors (Lipinski definition) is 1. The molecular formula is C20H19NO3S. The molecule has 1 amide bonds. The molecule has 0 atom stereocenters. The van der Waals surface area contributed by atoms with Crippen LogP contribution in [-0.2, 0) is 13.1 Å². The molecule has 1 aromatic heterocycles. The molecule has 0 unspecified atom stereocenters. The fourth-order valence-electron chi connectivity index (χ4n) is 2.65. The molecule has 128 valence electrons. The summed E-state index contributed by atoms with van der Waals surface area (Å²) in [6.45, 7) is 0.873. The summed E-state index contributed by atoms with van der Waals surface area (Å²) >= 11 is 1.60. The highest BCUT2D eigenvalue weighted by atomic mass is 32.1. The zero-order chi connectivity index (χ0) is 17.6. The van der Waals surface area contributed by atoms with Gasteiger partial charge in [0.05, 0.1) is 25.8 Å². The summed E-state index contributed by atoms with van der Waals surface area (Å²) in [5.41, 5.74) is 1.22. The first-order valence-electron chi connectivity index (χ1n) is 7.90. The van der Waals surface area contributed by atoms with Gasteiger partial charge in [0.2, 0.25) is 0 Å². The van der Waals surface area contributed by atoms with Crippen LogP contribution in [0.2, 0.25) is 0 Å². The van der Waals surface area contributed by atoms with Gasteiger partial charge in [-0.2, -0.15) is 0 Å². The van der Waals surface area contributed by atoms with Crippen molar-refractivity contribution in [3.05, 3.63) is 82.0 Å². The molecule has 0 saturated heterocycles. The second-order valence-electron chi connectivity index (χ2n) is 5.57. The van der Waals surface area contributed by atoms with E-state index >= 15 is 0 Å².